The standard InChI is InChI=1S/C12H15FN2O3.ClH/c1-7(6-14)11(16)15-10-5-8(12(17)18-2)3-4-9(10)13;/h3-5,7H,6,14H2,1-2H3,(H,15,16);1H. The van der Waals surface area contributed by atoms with Crippen LogP contribution in [-0.2, 0) is 9.53 Å². The highest BCUT2D eigenvalue weighted by atomic mass is 35.5. The number of methoxy groups -OCH3 is 1. The van der Waals surface area contributed by atoms with Crippen LogP contribution in [0.4, 0.5) is 10.1 Å². The van der Waals surface area contributed by atoms with E-state index in [9.17, 15) is 14.0 Å². The van der Waals surface area contributed by atoms with Crippen molar-refractivity contribution in [3.63, 3.8) is 0 Å². The third-order valence-electron chi connectivity index (χ3n) is 2.45. The molecule has 0 aromatic heterocycles. The van der Waals surface area contributed by atoms with Crippen LogP contribution in [0.5, 0.6) is 0 Å². The number of halogens is 2. The van der Waals surface area contributed by atoms with Gasteiger partial charge < -0.3 is 15.8 Å². The Kier molecular flexibility index (Phi) is 7.03. The monoisotopic (exact) mass is 290 g/mol. The van der Waals surface area contributed by atoms with Crippen molar-refractivity contribution in [3.8, 4) is 0 Å². The minimum absolute atomic E-state index is 0. The van der Waals surface area contributed by atoms with E-state index >= 15 is 0 Å². The molecule has 0 aliphatic heterocycles. The van der Waals surface area contributed by atoms with Gasteiger partial charge in [-0.05, 0) is 18.2 Å². The van der Waals surface area contributed by atoms with Crippen molar-refractivity contribution in [3.05, 3.63) is 29.6 Å². The number of benzene rings is 1. The summed E-state index contributed by atoms with van der Waals surface area (Å²) in [6, 6.07) is 3.60. The first-order chi connectivity index (χ1) is 8.49. The number of hydrogen-bond acceptors (Lipinski definition) is 4. The number of esters is 1. The maximum absolute atomic E-state index is 13.5. The van der Waals surface area contributed by atoms with E-state index < -0.39 is 23.6 Å². The average molecular weight is 291 g/mol. The van der Waals surface area contributed by atoms with Gasteiger partial charge in [0, 0.05) is 12.5 Å². The number of nitrogens with two attached hydrogens (primary N) is 1. The van der Waals surface area contributed by atoms with Gasteiger partial charge in [-0.15, -0.1) is 12.4 Å². The molecule has 0 aliphatic carbocycles. The highest BCUT2D eigenvalue weighted by Crippen LogP contribution is 2.17. The Labute approximate surface area is 116 Å². The van der Waals surface area contributed by atoms with Crippen LogP contribution in [0, 0.1) is 11.7 Å². The van der Waals surface area contributed by atoms with Gasteiger partial charge in [0.15, 0.2) is 0 Å². The van der Waals surface area contributed by atoms with Gasteiger partial charge in [-0.2, -0.15) is 0 Å². The summed E-state index contributed by atoms with van der Waals surface area (Å²) in [6.07, 6.45) is 0. The smallest absolute Gasteiger partial charge is 0.337 e. The lowest BCUT2D eigenvalue weighted by molar-refractivity contribution is -0.119. The minimum Gasteiger partial charge on any atom is -0.465 e. The van der Waals surface area contributed by atoms with E-state index in [0.717, 1.165) is 6.07 Å². The molecular weight excluding hydrogens is 275 g/mol. The van der Waals surface area contributed by atoms with Crippen LogP contribution in [0.3, 0.4) is 0 Å². The van der Waals surface area contributed by atoms with Crippen molar-refractivity contribution in [1.82, 2.24) is 0 Å². The lowest BCUT2D eigenvalue weighted by Gasteiger charge is -2.11. The van der Waals surface area contributed by atoms with Gasteiger partial charge in [0.2, 0.25) is 5.91 Å². The molecule has 0 aliphatic rings. The van der Waals surface area contributed by atoms with Gasteiger partial charge in [0.05, 0.1) is 18.4 Å². The van der Waals surface area contributed by atoms with Gasteiger partial charge in [-0.1, -0.05) is 6.92 Å². The molecule has 7 heteroatoms. The molecule has 5 nitrogen and oxygen atoms in total. The summed E-state index contributed by atoms with van der Waals surface area (Å²) < 4.78 is 18.0. The van der Waals surface area contributed by atoms with Crippen LogP contribution in [0.1, 0.15) is 17.3 Å². The molecule has 3 N–H and O–H groups in total. The van der Waals surface area contributed by atoms with Crippen LogP contribution in [-0.4, -0.2) is 25.5 Å². The number of hydrogen-bond donors (Lipinski definition) is 2. The van der Waals surface area contributed by atoms with Gasteiger partial charge in [0.25, 0.3) is 0 Å². The largest absolute Gasteiger partial charge is 0.465 e. The molecule has 1 rings (SSSR count). The highest BCUT2D eigenvalue weighted by Gasteiger charge is 2.15. The quantitative estimate of drug-likeness (QED) is 0.825. The van der Waals surface area contributed by atoms with Crippen molar-refractivity contribution in [1.29, 1.82) is 0 Å². The zero-order valence-corrected chi connectivity index (χ0v) is 11.4. The maximum Gasteiger partial charge on any atom is 0.337 e. The molecule has 1 atom stereocenters. The summed E-state index contributed by atoms with van der Waals surface area (Å²) in [5, 5.41) is 2.38. The second-order valence-electron chi connectivity index (χ2n) is 3.81. The van der Waals surface area contributed by atoms with Gasteiger partial charge >= 0.3 is 5.97 Å². The van der Waals surface area contributed by atoms with E-state index in [2.05, 4.69) is 10.1 Å². The molecule has 0 saturated carbocycles. The van der Waals surface area contributed by atoms with Crippen LogP contribution in [0.2, 0.25) is 0 Å². The van der Waals surface area contributed by atoms with Crippen LogP contribution < -0.4 is 11.1 Å². The van der Waals surface area contributed by atoms with Crippen LogP contribution >= 0.6 is 12.4 Å². The second kappa shape index (κ2) is 7.70. The highest BCUT2D eigenvalue weighted by molar-refractivity contribution is 5.95. The lowest BCUT2D eigenvalue weighted by atomic mass is 10.1. The molecule has 1 aromatic carbocycles. The fraction of sp³-hybridized carbons (Fsp3) is 0.333. The van der Waals surface area contributed by atoms with E-state index in [1.54, 1.807) is 6.92 Å². The molecular formula is C12H16ClFN2O3. The lowest BCUT2D eigenvalue weighted by Crippen LogP contribution is -2.27. The van der Waals surface area contributed by atoms with Gasteiger partial charge in [0.1, 0.15) is 5.82 Å². The number of carbonyl (C=O) groups excluding carboxylic acids is 2. The molecule has 0 bridgehead atoms. The Bertz CT molecular complexity index is 468. The summed E-state index contributed by atoms with van der Waals surface area (Å²) >= 11 is 0. The predicted molar refractivity (Wildman–Crippen MR) is 71.8 cm³/mol. The number of carbonyl (C=O) groups is 2. The fourth-order valence-electron chi connectivity index (χ4n) is 1.23. The van der Waals surface area contributed by atoms with Crippen LogP contribution in [0.25, 0.3) is 0 Å². The predicted octanol–water partition coefficient (Wildman–Crippen LogP) is 1.57. The number of nitrogens with one attached hydrogen (secondary N) is 1. The third-order valence-corrected chi connectivity index (χ3v) is 2.45. The molecule has 1 amide bonds. The van der Waals surface area contributed by atoms with Crippen molar-refractivity contribution in [2.24, 2.45) is 11.7 Å². The Balaban J connectivity index is 0.00000324. The first-order valence-corrected chi connectivity index (χ1v) is 5.38. The Morgan fingerprint density at radius 3 is 2.63 bits per heavy atom. The fourth-order valence-corrected chi connectivity index (χ4v) is 1.23. The molecule has 106 valence electrons. The maximum atomic E-state index is 13.5. The zero-order valence-electron chi connectivity index (χ0n) is 10.6. The number of anilines is 1. The molecule has 0 fully saturated rings. The van der Waals surface area contributed by atoms with E-state index in [1.165, 1.54) is 19.2 Å². The van der Waals surface area contributed by atoms with E-state index in [1.807, 2.05) is 0 Å². The van der Waals surface area contributed by atoms with Crippen molar-refractivity contribution < 1.29 is 18.7 Å². The summed E-state index contributed by atoms with van der Waals surface area (Å²) in [5.74, 6) is -2.07. The first kappa shape index (κ1) is 17.3. The molecule has 0 heterocycles. The Morgan fingerprint density at radius 1 is 1.47 bits per heavy atom. The second-order valence-corrected chi connectivity index (χ2v) is 3.81. The van der Waals surface area contributed by atoms with Crippen molar-refractivity contribution in [2.75, 3.05) is 19.0 Å². The number of rotatable bonds is 4. The Hall–Kier alpha value is -1.66. The number of ether oxygens (including phenoxy) is 1. The molecule has 0 spiro atoms. The summed E-state index contributed by atoms with van der Waals surface area (Å²) in [5.41, 5.74) is 5.43. The average Bonchev–Trinajstić information content (AvgIpc) is 2.39. The third kappa shape index (κ3) is 4.50. The van der Waals surface area contributed by atoms with E-state index in [0.29, 0.717) is 0 Å². The molecule has 1 aromatic rings. The molecule has 1 unspecified atom stereocenters. The van der Waals surface area contributed by atoms with Crippen molar-refractivity contribution in [2.45, 2.75) is 6.92 Å². The topological polar surface area (TPSA) is 81.4 Å². The molecule has 19 heavy (non-hydrogen) atoms. The van der Waals surface area contributed by atoms with Crippen molar-refractivity contribution >= 4 is 30.0 Å². The summed E-state index contributed by atoms with van der Waals surface area (Å²) in [4.78, 5) is 22.8. The summed E-state index contributed by atoms with van der Waals surface area (Å²) in [6.45, 7) is 1.78. The molecule has 0 radical (unpaired) electrons. The number of amides is 1. The SMILES string of the molecule is COC(=O)c1ccc(F)c(NC(=O)C(C)CN)c1.Cl. The summed E-state index contributed by atoms with van der Waals surface area (Å²) in [7, 11) is 1.22. The first-order valence-electron chi connectivity index (χ1n) is 5.38. The van der Waals surface area contributed by atoms with E-state index in [4.69, 9.17) is 5.73 Å². The normalized spacial score (nSPS) is 11.2. The minimum atomic E-state index is -0.625. The van der Waals surface area contributed by atoms with Gasteiger partial charge in [-0.3, -0.25) is 4.79 Å². The van der Waals surface area contributed by atoms with E-state index in [-0.39, 0.29) is 30.2 Å². The van der Waals surface area contributed by atoms with Gasteiger partial charge in [-0.25, -0.2) is 9.18 Å². The zero-order chi connectivity index (χ0) is 13.7. The molecule has 0 saturated heterocycles. The van der Waals surface area contributed by atoms with Crippen LogP contribution in [0.15, 0.2) is 18.2 Å². The Morgan fingerprint density at radius 2 is 2.11 bits per heavy atom.